The molecule has 0 saturated heterocycles. The number of rotatable bonds is 5. The van der Waals surface area contributed by atoms with Gasteiger partial charge in [0.25, 0.3) is 0 Å². The molecule has 9 aromatic rings. The molecule has 0 saturated carbocycles. The van der Waals surface area contributed by atoms with Crippen LogP contribution < -0.4 is 4.90 Å². The number of furan rings is 2. The van der Waals surface area contributed by atoms with Crippen LogP contribution in [-0.4, -0.2) is 0 Å². The van der Waals surface area contributed by atoms with Crippen molar-refractivity contribution in [3.63, 3.8) is 0 Å². The standard InChI is InChI=1S/C42H27NO2/c1-4-13-28(14-5-1)29-15-12-16-30(25-29)40-41-34-21-10-11-22-37(34)44-39(41)27-36-35-26-33(23-24-38(35)45-42(36)40)43(31-17-6-2-7-18-31)32-19-8-3-9-20-32/h1-27H. The summed E-state index contributed by atoms with van der Waals surface area (Å²) in [4.78, 5) is 2.28. The Hall–Kier alpha value is -6.06. The highest BCUT2D eigenvalue weighted by Crippen LogP contribution is 2.46. The Morgan fingerprint density at radius 3 is 1.73 bits per heavy atom. The maximum absolute atomic E-state index is 6.80. The number of hydrogen-bond acceptors (Lipinski definition) is 3. The van der Waals surface area contributed by atoms with Crippen LogP contribution in [0.15, 0.2) is 173 Å². The molecular formula is C42H27NO2. The zero-order chi connectivity index (χ0) is 29.7. The molecular weight excluding hydrogens is 550 g/mol. The number of hydrogen-bond donors (Lipinski definition) is 0. The van der Waals surface area contributed by atoms with E-state index in [4.69, 9.17) is 8.83 Å². The minimum absolute atomic E-state index is 0.840. The average Bonchev–Trinajstić information content (AvgIpc) is 3.66. The van der Waals surface area contributed by atoms with Crippen LogP contribution in [0.25, 0.3) is 66.1 Å². The van der Waals surface area contributed by atoms with Gasteiger partial charge in [-0.15, -0.1) is 0 Å². The second-order valence-electron chi connectivity index (χ2n) is 11.3. The normalized spacial score (nSPS) is 11.6. The zero-order valence-corrected chi connectivity index (χ0v) is 24.4. The molecule has 0 spiro atoms. The molecule has 0 aliphatic rings. The van der Waals surface area contributed by atoms with Gasteiger partial charge in [0.05, 0.1) is 0 Å². The van der Waals surface area contributed by atoms with Crippen LogP contribution in [0.3, 0.4) is 0 Å². The van der Waals surface area contributed by atoms with Gasteiger partial charge in [0.15, 0.2) is 0 Å². The first-order chi connectivity index (χ1) is 22.3. The molecule has 45 heavy (non-hydrogen) atoms. The van der Waals surface area contributed by atoms with E-state index in [0.29, 0.717) is 0 Å². The maximum Gasteiger partial charge on any atom is 0.144 e. The van der Waals surface area contributed by atoms with Gasteiger partial charge in [-0.3, -0.25) is 0 Å². The van der Waals surface area contributed by atoms with Gasteiger partial charge in [0.1, 0.15) is 22.3 Å². The van der Waals surface area contributed by atoms with E-state index in [-0.39, 0.29) is 0 Å². The van der Waals surface area contributed by atoms with Crippen LogP contribution in [0, 0.1) is 0 Å². The van der Waals surface area contributed by atoms with Gasteiger partial charge in [0, 0.05) is 44.2 Å². The lowest BCUT2D eigenvalue weighted by Crippen LogP contribution is -2.09. The van der Waals surface area contributed by atoms with Crippen molar-refractivity contribution in [3.8, 4) is 22.3 Å². The Kier molecular flexibility index (Phi) is 5.82. The molecule has 2 aromatic heterocycles. The molecule has 0 aliphatic heterocycles. The first kappa shape index (κ1) is 25.4. The van der Waals surface area contributed by atoms with Crippen molar-refractivity contribution >= 4 is 60.9 Å². The maximum atomic E-state index is 6.80. The van der Waals surface area contributed by atoms with Gasteiger partial charge in [0.2, 0.25) is 0 Å². The Morgan fingerprint density at radius 1 is 0.356 bits per heavy atom. The van der Waals surface area contributed by atoms with Crippen molar-refractivity contribution in [1.29, 1.82) is 0 Å². The number of fused-ring (bicyclic) bond motifs is 6. The van der Waals surface area contributed by atoms with E-state index in [2.05, 4.69) is 144 Å². The van der Waals surface area contributed by atoms with Crippen LogP contribution in [-0.2, 0) is 0 Å². The van der Waals surface area contributed by atoms with E-state index in [0.717, 1.165) is 77.6 Å². The lowest BCUT2D eigenvalue weighted by atomic mass is 9.94. The monoisotopic (exact) mass is 577 g/mol. The third-order valence-electron chi connectivity index (χ3n) is 8.63. The van der Waals surface area contributed by atoms with Crippen LogP contribution >= 0.6 is 0 Å². The predicted molar refractivity (Wildman–Crippen MR) is 187 cm³/mol. The molecule has 0 atom stereocenters. The fourth-order valence-electron chi connectivity index (χ4n) is 6.60. The third kappa shape index (κ3) is 4.21. The molecule has 0 amide bonds. The Morgan fingerprint density at radius 2 is 0.978 bits per heavy atom. The molecule has 2 heterocycles. The average molecular weight is 578 g/mol. The zero-order valence-electron chi connectivity index (χ0n) is 24.4. The first-order valence-corrected chi connectivity index (χ1v) is 15.2. The molecule has 3 heteroatoms. The Labute approximate surface area is 260 Å². The van der Waals surface area contributed by atoms with Gasteiger partial charge in [-0.05, 0) is 77.4 Å². The van der Waals surface area contributed by atoms with Crippen LogP contribution in [0.1, 0.15) is 0 Å². The summed E-state index contributed by atoms with van der Waals surface area (Å²) >= 11 is 0. The fourth-order valence-corrected chi connectivity index (χ4v) is 6.60. The van der Waals surface area contributed by atoms with Crippen molar-refractivity contribution in [3.05, 3.63) is 164 Å². The van der Waals surface area contributed by atoms with Gasteiger partial charge < -0.3 is 13.7 Å². The topological polar surface area (TPSA) is 29.5 Å². The van der Waals surface area contributed by atoms with E-state index in [1.165, 1.54) is 5.56 Å². The van der Waals surface area contributed by atoms with E-state index < -0.39 is 0 Å². The van der Waals surface area contributed by atoms with Gasteiger partial charge in [-0.25, -0.2) is 0 Å². The minimum Gasteiger partial charge on any atom is -0.456 e. The SMILES string of the molecule is c1ccc(-c2cccc(-c3c4oc5ccc(N(c6ccccc6)c6ccccc6)cc5c4cc4oc5ccccc5c34)c2)cc1. The van der Waals surface area contributed by atoms with Crippen molar-refractivity contribution < 1.29 is 8.83 Å². The van der Waals surface area contributed by atoms with Crippen molar-refractivity contribution in [2.45, 2.75) is 0 Å². The summed E-state index contributed by atoms with van der Waals surface area (Å²) in [6, 6.07) is 57.1. The van der Waals surface area contributed by atoms with Crippen molar-refractivity contribution in [2.24, 2.45) is 0 Å². The summed E-state index contributed by atoms with van der Waals surface area (Å²) in [5.74, 6) is 0. The summed E-state index contributed by atoms with van der Waals surface area (Å²) in [5.41, 5.74) is 11.1. The summed E-state index contributed by atoms with van der Waals surface area (Å²) in [6.45, 7) is 0. The molecule has 212 valence electrons. The van der Waals surface area contributed by atoms with E-state index in [1.807, 2.05) is 24.3 Å². The highest BCUT2D eigenvalue weighted by atomic mass is 16.3. The van der Waals surface area contributed by atoms with Crippen LogP contribution in [0.5, 0.6) is 0 Å². The van der Waals surface area contributed by atoms with Gasteiger partial charge in [-0.2, -0.15) is 0 Å². The Balaban J connectivity index is 1.33. The number of para-hydroxylation sites is 3. The first-order valence-electron chi connectivity index (χ1n) is 15.2. The van der Waals surface area contributed by atoms with Gasteiger partial charge >= 0.3 is 0 Å². The summed E-state index contributed by atoms with van der Waals surface area (Å²) < 4.78 is 13.3. The molecule has 3 nitrogen and oxygen atoms in total. The number of anilines is 3. The predicted octanol–water partition coefficient (Wildman–Crippen LogP) is 12.3. The van der Waals surface area contributed by atoms with E-state index >= 15 is 0 Å². The van der Waals surface area contributed by atoms with Crippen LogP contribution in [0.2, 0.25) is 0 Å². The molecule has 0 bridgehead atoms. The second-order valence-corrected chi connectivity index (χ2v) is 11.3. The Bertz CT molecular complexity index is 2440. The molecule has 0 radical (unpaired) electrons. The van der Waals surface area contributed by atoms with Gasteiger partial charge in [-0.1, -0.05) is 103 Å². The minimum atomic E-state index is 0.840. The quantitative estimate of drug-likeness (QED) is 0.204. The molecule has 0 N–H and O–H groups in total. The largest absolute Gasteiger partial charge is 0.456 e. The van der Waals surface area contributed by atoms with Crippen molar-refractivity contribution in [1.82, 2.24) is 0 Å². The molecule has 9 rings (SSSR count). The summed E-state index contributed by atoms with van der Waals surface area (Å²) in [6.07, 6.45) is 0. The molecule has 0 unspecified atom stereocenters. The van der Waals surface area contributed by atoms with Crippen LogP contribution in [0.4, 0.5) is 17.1 Å². The highest BCUT2D eigenvalue weighted by molar-refractivity contribution is 6.23. The highest BCUT2D eigenvalue weighted by Gasteiger charge is 2.22. The lowest BCUT2D eigenvalue weighted by Gasteiger charge is -2.25. The summed E-state index contributed by atoms with van der Waals surface area (Å²) in [5, 5.41) is 4.22. The lowest BCUT2D eigenvalue weighted by molar-refractivity contribution is 0.664. The van der Waals surface area contributed by atoms with E-state index in [9.17, 15) is 0 Å². The van der Waals surface area contributed by atoms with Crippen molar-refractivity contribution in [2.75, 3.05) is 4.90 Å². The second kappa shape index (κ2) is 10.3. The molecule has 0 fully saturated rings. The number of nitrogens with zero attached hydrogens (tertiary/aromatic N) is 1. The number of benzene rings is 7. The smallest absolute Gasteiger partial charge is 0.144 e. The molecule has 0 aliphatic carbocycles. The molecule has 7 aromatic carbocycles. The fraction of sp³-hybridized carbons (Fsp3) is 0. The third-order valence-corrected chi connectivity index (χ3v) is 8.63. The summed E-state index contributed by atoms with van der Waals surface area (Å²) in [7, 11) is 0. The van der Waals surface area contributed by atoms with E-state index in [1.54, 1.807) is 0 Å².